The van der Waals surface area contributed by atoms with E-state index in [9.17, 15) is 4.79 Å². The molecule has 5 nitrogen and oxygen atoms in total. The number of hydrogen-bond acceptors (Lipinski definition) is 4. The Morgan fingerprint density at radius 3 is 2.46 bits per heavy atom. The summed E-state index contributed by atoms with van der Waals surface area (Å²) in [6.45, 7) is 10.7. The van der Waals surface area contributed by atoms with Crippen LogP contribution in [0.2, 0.25) is 0 Å². The topological polar surface area (TPSA) is 68.2 Å². The number of nitrogens with one attached hydrogen (secondary N) is 2. The largest absolute Gasteiger partial charge is 1.00 e. The molecule has 0 aromatic heterocycles. The molecular formula is C18H26ClN4O-. The second kappa shape index (κ2) is 11.4. The highest BCUT2D eigenvalue weighted by Gasteiger charge is 2.08. The molecule has 2 N–H and O–H groups in total. The minimum atomic E-state index is -0.348. The Morgan fingerprint density at radius 2 is 1.96 bits per heavy atom. The molecule has 0 aliphatic carbocycles. The van der Waals surface area contributed by atoms with Crippen molar-refractivity contribution in [3.05, 3.63) is 35.5 Å². The first-order valence-electron chi connectivity index (χ1n) is 8.07. The standard InChI is InChI=1S/C18H26N4O.ClH/c1-5-10-20-18(23)15(12-19)13-21-17-9-8-16(11-14(17)4)22(6-2)7-3;/h8-9,11,13,21H,5-7,10H2,1-4H3,(H,20,23);1H/p-1/b15-13-;. The van der Waals surface area contributed by atoms with Crippen LogP contribution in [0.4, 0.5) is 11.4 Å². The zero-order valence-corrected chi connectivity index (χ0v) is 15.6. The Bertz CT molecular complexity index is 604. The molecule has 1 aromatic carbocycles. The van der Waals surface area contributed by atoms with E-state index in [0.717, 1.165) is 30.8 Å². The Kier molecular flexibility index (Phi) is 10.3. The average Bonchev–Trinajstić information content (AvgIpc) is 2.56. The third-order valence-electron chi connectivity index (χ3n) is 3.61. The van der Waals surface area contributed by atoms with Crippen LogP contribution in [0.5, 0.6) is 0 Å². The molecule has 24 heavy (non-hydrogen) atoms. The molecule has 0 radical (unpaired) electrons. The molecule has 0 atom stereocenters. The van der Waals surface area contributed by atoms with Crippen LogP contribution >= 0.6 is 0 Å². The lowest BCUT2D eigenvalue weighted by molar-refractivity contribution is -0.117. The van der Waals surface area contributed by atoms with Gasteiger partial charge in [0, 0.05) is 37.2 Å². The molecule has 0 heterocycles. The summed E-state index contributed by atoms with van der Waals surface area (Å²) in [7, 11) is 0. The van der Waals surface area contributed by atoms with Crippen LogP contribution in [0.15, 0.2) is 30.0 Å². The van der Waals surface area contributed by atoms with E-state index in [1.807, 2.05) is 32.0 Å². The van der Waals surface area contributed by atoms with Crippen molar-refractivity contribution >= 4 is 17.3 Å². The van der Waals surface area contributed by atoms with Crippen molar-refractivity contribution < 1.29 is 17.2 Å². The van der Waals surface area contributed by atoms with E-state index in [4.69, 9.17) is 5.26 Å². The van der Waals surface area contributed by atoms with Gasteiger partial charge in [0.25, 0.3) is 5.91 Å². The van der Waals surface area contributed by atoms with E-state index >= 15 is 0 Å². The van der Waals surface area contributed by atoms with Crippen LogP contribution in [-0.4, -0.2) is 25.5 Å². The maximum absolute atomic E-state index is 11.8. The van der Waals surface area contributed by atoms with Gasteiger partial charge >= 0.3 is 0 Å². The number of nitriles is 1. The van der Waals surface area contributed by atoms with Crippen LogP contribution in [0, 0.1) is 18.3 Å². The number of halogens is 1. The van der Waals surface area contributed by atoms with Crippen molar-refractivity contribution in [2.75, 3.05) is 29.9 Å². The zero-order valence-electron chi connectivity index (χ0n) is 14.8. The van der Waals surface area contributed by atoms with E-state index in [1.54, 1.807) is 0 Å². The molecule has 1 aromatic rings. The third kappa shape index (κ3) is 6.13. The van der Waals surface area contributed by atoms with Gasteiger partial charge < -0.3 is 27.9 Å². The van der Waals surface area contributed by atoms with Crippen molar-refractivity contribution in [2.45, 2.75) is 34.1 Å². The molecular weight excluding hydrogens is 324 g/mol. The molecule has 0 saturated heterocycles. The monoisotopic (exact) mass is 349 g/mol. The molecule has 0 aliphatic rings. The SMILES string of the molecule is CCCNC(=O)/C(C#N)=C\Nc1ccc(N(CC)CC)cc1C.[Cl-]. The van der Waals surface area contributed by atoms with E-state index in [0.29, 0.717) is 6.54 Å². The Balaban J connectivity index is 0.00000529. The summed E-state index contributed by atoms with van der Waals surface area (Å²) in [4.78, 5) is 14.1. The van der Waals surface area contributed by atoms with Crippen LogP contribution < -0.4 is 27.9 Å². The second-order valence-electron chi connectivity index (χ2n) is 5.24. The van der Waals surface area contributed by atoms with Gasteiger partial charge in [0.1, 0.15) is 11.6 Å². The number of carbonyl (C=O) groups is 1. The molecule has 0 spiro atoms. The highest BCUT2D eigenvalue weighted by atomic mass is 35.5. The Labute approximate surface area is 151 Å². The van der Waals surface area contributed by atoms with Gasteiger partial charge in [-0.05, 0) is 51.0 Å². The fourth-order valence-corrected chi connectivity index (χ4v) is 2.23. The fraction of sp³-hybridized carbons (Fsp3) is 0.444. The quantitative estimate of drug-likeness (QED) is 0.519. The van der Waals surface area contributed by atoms with Gasteiger partial charge in [0.15, 0.2) is 0 Å². The lowest BCUT2D eigenvalue weighted by atomic mass is 10.1. The van der Waals surface area contributed by atoms with Gasteiger partial charge in [-0.25, -0.2) is 0 Å². The van der Waals surface area contributed by atoms with Gasteiger partial charge in [-0.15, -0.1) is 0 Å². The number of nitrogens with zero attached hydrogens (tertiary/aromatic N) is 2. The van der Waals surface area contributed by atoms with Crippen molar-refractivity contribution in [2.24, 2.45) is 0 Å². The predicted molar refractivity (Wildman–Crippen MR) is 95.4 cm³/mol. The molecule has 0 bridgehead atoms. The molecule has 6 heteroatoms. The van der Waals surface area contributed by atoms with E-state index in [2.05, 4.69) is 35.4 Å². The molecule has 0 saturated carbocycles. The highest BCUT2D eigenvalue weighted by molar-refractivity contribution is 5.97. The zero-order chi connectivity index (χ0) is 17.2. The first-order chi connectivity index (χ1) is 11.1. The van der Waals surface area contributed by atoms with Gasteiger partial charge in [0.05, 0.1) is 0 Å². The number of anilines is 2. The first kappa shape index (κ1) is 21.8. The molecule has 1 amide bonds. The van der Waals surface area contributed by atoms with Gasteiger partial charge in [-0.2, -0.15) is 5.26 Å². The normalized spacial score (nSPS) is 10.4. The van der Waals surface area contributed by atoms with E-state index in [1.165, 1.54) is 11.9 Å². The van der Waals surface area contributed by atoms with Crippen molar-refractivity contribution in [3.63, 3.8) is 0 Å². The van der Waals surface area contributed by atoms with E-state index in [-0.39, 0.29) is 23.9 Å². The first-order valence-corrected chi connectivity index (χ1v) is 8.07. The predicted octanol–water partition coefficient (Wildman–Crippen LogP) is 0.191. The van der Waals surface area contributed by atoms with Crippen LogP contribution in [-0.2, 0) is 4.79 Å². The number of carbonyl (C=O) groups excluding carboxylic acids is 1. The summed E-state index contributed by atoms with van der Waals surface area (Å²) in [6.07, 6.45) is 2.30. The minimum absolute atomic E-state index is 0. The lowest BCUT2D eigenvalue weighted by Crippen LogP contribution is -3.00. The number of aryl methyl sites for hydroxylation is 1. The Hall–Kier alpha value is -2.19. The summed E-state index contributed by atoms with van der Waals surface area (Å²) < 4.78 is 0. The van der Waals surface area contributed by atoms with Gasteiger partial charge in [0.2, 0.25) is 0 Å². The number of benzene rings is 1. The third-order valence-corrected chi connectivity index (χ3v) is 3.61. The Morgan fingerprint density at radius 1 is 1.29 bits per heavy atom. The smallest absolute Gasteiger partial charge is 0.263 e. The van der Waals surface area contributed by atoms with Gasteiger partial charge in [-0.3, -0.25) is 4.79 Å². The number of hydrogen-bond donors (Lipinski definition) is 2. The summed E-state index contributed by atoms with van der Waals surface area (Å²) in [5.74, 6) is -0.348. The molecule has 0 fully saturated rings. The fourth-order valence-electron chi connectivity index (χ4n) is 2.23. The number of amides is 1. The number of rotatable bonds is 8. The molecule has 132 valence electrons. The highest BCUT2D eigenvalue weighted by Crippen LogP contribution is 2.22. The van der Waals surface area contributed by atoms with Crippen LogP contribution in [0.1, 0.15) is 32.8 Å². The summed E-state index contributed by atoms with van der Waals surface area (Å²) in [5, 5.41) is 14.9. The van der Waals surface area contributed by atoms with Crippen molar-refractivity contribution in [1.29, 1.82) is 5.26 Å². The lowest BCUT2D eigenvalue weighted by Gasteiger charge is -2.22. The van der Waals surface area contributed by atoms with Crippen molar-refractivity contribution in [1.82, 2.24) is 5.32 Å². The van der Waals surface area contributed by atoms with Crippen LogP contribution in [0.25, 0.3) is 0 Å². The molecule has 0 unspecified atom stereocenters. The summed E-state index contributed by atoms with van der Waals surface area (Å²) in [6, 6.07) is 8.04. The average molecular weight is 350 g/mol. The minimum Gasteiger partial charge on any atom is -1.00 e. The maximum atomic E-state index is 11.8. The second-order valence-corrected chi connectivity index (χ2v) is 5.24. The molecule has 0 aliphatic heterocycles. The summed E-state index contributed by atoms with van der Waals surface area (Å²) in [5.41, 5.74) is 3.20. The summed E-state index contributed by atoms with van der Waals surface area (Å²) >= 11 is 0. The molecule has 1 rings (SSSR count). The van der Waals surface area contributed by atoms with Crippen molar-refractivity contribution in [3.8, 4) is 6.07 Å². The van der Waals surface area contributed by atoms with Crippen LogP contribution in [0.3, 0.4) is 0 Å². The van der Waals surface area contributed by atoms with E-state index < -0.39 is 0 Å². The van der Waals surface area contributed by atoms with Gasteiger partial charge in [-0.1, -0.05) is 6.92 Å². The maximum Gasteiger partial charge on any atom is 0.263 e.